The molecule has 0 atom stereocenters. The van der Waals surface area contributed by atoms with Crippen molar-refractivity contribution in [2.45, 2.75) is 0 Å². The van der Waals surface area contributed by atoms with E-state index in [0.717, 1.165) is 72.5 Å². The summed E-state index contributed by atoms with van der Waals surface area (Å²) in [4.78, 5) is 2.43. The number of fused-ring (bicyclic) bond motifs is 7. The first-order valence-corrected chi connectivity index (χ1v) is 20.8. The molecule has 286 valence electrons. The highest BCUT2D eigenvalue weighted by atomic mass is 16.3. The smallest absolute Gasteiger partial charge is 0.135 e. The van der Waals surface area contributed by atoms with E-state index in [9.17, 15) is 0 Å². The Hall–Kier alpha value is -8.14. The third-order valence-corrected chi connectivity index (χ3v) is 12.2. The van der Waals surface area contributed by atoms with E-state index in [1.165, 1.54) is 38.1 Å². The van der Waals surface area contributed by atoms with Crippen molar-refractivity contribution in [1.29, 1.82) is 0 Å². The molecule has 0 aliphatic heterocycles. The molecule has 2 heterocycles. The van der Waals surface area contributed by atoms with Crippen LogP contribution < -0.4 is 4.90 Å². The fourth-order valence-electron chi connectivity index (χ4n) is 9.23. The second-order valence-electron chi connectivity index (χ2n) is 15.7. The van der Waals surface area contributed by atoms with E-state index in [4.69, 9.17) is 4.42 Å². The minimum atomic E-state index is 0.899. The Bertz CT molecular complexity index is 3540. The van der Waals surface area contributed by atoms with Crippen LogP contribution in [0, 0.1) is 0 Å². The maximum absolute atomic E-state index is 6.18. The molecule has 0 saturated heterocycles. The Labute approximate surface area is 353 Å². The molecule has 0 unspecified atom stereocenters. The maximum atomic E-state index is 6.18. The number of aromatic nitrogens is 1. The van der Waals surface area contributed by atoms with Crippen LogP contribution in [0.25, 0.3) is 93.6 Å². The van der Waals surface area contributed by atoms with Crippen molar-refractivity contribution in [3.63, 3.8) is 0 Å². The molecule has 61 heavy (non-hydrogen) atoms. The zero-order valence-corrected chi connectivity index (χ0v) is 33.2. The van der Waals surface area contributed by atoms with E-state index in [0.29, 0.717) is 0 Å². The van der Waals surface area contributed by atoms with Gasteiger partial charge in [0.1, 0.15) is 11.2 Å². The molecule has 0 spiro atoms. The van der Waals surface area contributed by atoms with Crippen molar-refractivity contribution >= 4 is 71.6 Å². The Balaban J connectivity index is 1.07. The number of rotatable bonds is 7. The highest BCUT2D eigenvalue weighted by Crippen LogP contribution is 2.45. The van der Waals surface area contributed by atoms with Crippen LogP contribution in [-0.4, -0.2) is 4.57 Å². The summed E-state index contributed by atoms with van der Waals surface area (Å²) in [5.74, 6) is 0. The molecule has 0 aliphatic rings. The second-order valence-corrected chi connectivity index (χ2v) is 15.7. The van der Waals surface area contributed by atoms with Crippen molar-refractivity contribution in [2.24, 2.45) is 0 Å². The van der Waals surface area contributed by atoms with Crippen LogP contribution in [0.1, 0.15) is 0 Å². The summed E-state index contributed by atoms with van der Waals surface area (Å²) >= 11 is 0. The van der Waals surface area contributed by atoms with Crippen LogP contribution in [0.5, 0.6) is 0 Å². The lowest BCUT2D eigenvalue weighted by molar-refractivity contribution is 0.669. The third-order valence-electron chi connectivity index (χ3n) is 12.2. The zero-order chi connectivity index (χ0) is 40.3. The Kier molecular flexibility index (Phi) is 8.17. The van der Waals surface area contributed by atoms with E-state index in [2.05, 4.69) is 228 Å². The van der Waals surface area contributed by atoms with Crippen molar-refractivity contribution in [3.8, 4) is 39.1 Å². The highest BCUT2D eigenvalue weighted by molar-refractivity contribution is 6.09. The van der Waals surface area contributed by atoms with E-state index in [-0.39, 0.29) is 0 Å². The molecular formula is C58H38N2O. The van der Waals surface area contributed by atoms with E-state index in [1.54, 1.807) is 0 Å². The summed E-state index contributed by atoms with van der Waals surface area (Å²) in [6.07, 6.45) is 0. The van der Waals surface area contributed by atoms with Gasteiger partial charge in [0.05, 0.1) is 16.7 Å². The standard InChI is InChI=1S/C58H38N2O/c1-2-14-41(15-3-1)49-33-29-45(43-26-25-39-13-4-5-16-42(39)35-43)37-56(49)59(46-31-27-40(28-32-46)44-30-34-58-53(36-44)52-21-8-11-24-57(52)61-58)47-17-12-18-48(38-47)60-54-22-9-6-19-50(54)51-20-7-10-23-55(51)60/h1-38H. The molecule has 0 fully saturated rings. The molecule has 0 N–H and O–H groups in total. The SMILES string of the molecule is c1ccc(-c2ccc(-c3ccc4ccccc4c3)cc2N(c2ccc(-c3ccc4oc5ccccc5c4c3)cc2)c2cccc(-n3c4ccccc4c4ccccc43)c2)cc1. The minimum Gasteiger partial charge on any atom is -0.456 e. The molecule has 3 heteroatoms. The van der Waals surface area contributed by atoms with Gasteiger partial charge in [-0.25, -0.2) is 0 Å². The summed E-state index contributed by atoms with van der Waals surface area (Å²) in [6.45, 7) is 0. The van der Waals surface area contributed by atoms with Gasteiger partial charge in [0.25, 0.3) is 0 Å². The van der Waals surface area contributed by atoms with Gasteiger partial charge in [0.15, 0.2) is 0 Å². The van der Waals surface area contributed by atoms with Crippen LogP contribution in [0.15, 0.2) is 235 Å². The Morgan fingerprint density at radius 2 is 0.934 bits per heavy atom. The number of nitrogens with zero attached hydrogens (tertiary/aromatic N) is 2. The summed E-state index contributed by atoms with van der Waals surface area (Å²) in [6, 6.07) is 83.2. The molecule has 10 aromatic carbocycles. The molecule has 0 radical (unpaired) electrons. The quantitative estimate of drug-likeness (QED) is 0.161. The van der Waals surface area contributed by atoms with Crippen LogP contribution in [0.2, 0.25) is 0 Å². The van der Waals surface area contributed by atoms with Gasteiger partial charge in [-0.3, -0.25) is 0 Å². The summed E-state index contributed by atoms with van der Waals surface area (Å²) < 4.78 is 8.58. The van der Waals surface area contributed by atoms with Gasteiger partial charge in [0.2, 0.25) is 0 Å². The van der Waals surface area contributed by atoms with E-state index in [1.807, 2.05) is 12.1 Å². The van der Waals surface area contributed by atoms with Crippen LogP contribution in [0.3, 0.4) is 0 Å². The maximum Gasteiger partial charge on any atom is 0.135 e. The third kappa shape index (κ3) is 5.98. The highest BCUT2D eigenvalue weighted by Gasteiger charge is 2.21. The van der Waals surface area contributed by atoms with E-state index >= 15 is 0 Å². The largest absolute Gasteiger partial charge is 0.456 e. The molecule has 0 bridgehead atoms. The van der Waals surface area contributed by atoms with E-state index < -0.39 is 0 Å². The van der Waals surface area contributed by atoms with Crippen molar-refractivity contribution in [2.75, 3.05) is 4.90 Å². The number of para-hydroxylation sites is 3. The Morgan fingerprint density at radius 3 is 1.74 bits per heavy atom. The van der Waals surface area contributed by atoms with Gasteiger partial charge in [-0.15, -0.1) is 0 Å². The molecule has 2 aromatic heterocycles. The van der Waals surface area contributed by atoms with Crippen LogP contribution >= 0.6 is 0 Å². The first kappa shape index (κ1) is 34.9. The minimum absolute atomic E-state index is 0.899. The van der Waals surface area contributed by atoms with Crippen LogP contribution in [-0.2, 0) is 0 Å². The topological polar surface area (TPSA) is 21.3 Å². The number of benzene rings is 10. The molecule has 0 saturated carbocycles. The molecule has 3 nitrogen and oxygen atoms in total. The predicted octanol–water partition coefficient (Wildman–Crippen LogP) is 16.3. The fourth-order valence-corrected chi connectivity index (χ4v) is 9.23. The number of hydrogen-bond donors (Lipinski definition) is 0. The average Bonchev–Trinajstić information content (AvgIpc) is 3.88. The first-order chi connectivity index (χ1) is 30.2. The molecule has 0 aliphatic carbocycles. The molecule has 12 aromatic rings. The average molecular weight is 779 g/mol. The summed E-state index contributed by atoms with van der Waals surface area (Å²) in [5, 5.41) is 7.19. The molecular weight excluding hydrogens is 741 g/mol. The second kappa shape index (κ2) is 14.3. The summed E-state index contributed by atoms with van der Waals surface area (Å²) in [5.41, 5.74) is 15.4. The van der Waals surface area contributed by atoms with Crippen molar-refractivity contribution in [1.82, 2.24) is 4.57 Å². The normalized spacial score (nSPS) is 11.6. The van der Waals surface area contributed by atoms with Gasteiger partial charge < -0.3 is 13.9 Å². The van der Waals surface area contributed by atoms with Crippen LogP contribution in [0.4, 0.5) is 17.1 Å². The predicted molar refractivity (Wildman–Crippen MR) is 257 cm³/mol. The van der Waals surface area contributed by atoms with Gasteiger partial charge >= 0.3 is 0 Å². The van der Waals surface area contributed by atoms with Gasteiger partial charge in [-0.1, -0.05) is 158 Å². The van der Waals surface area contributed by atoms with Gasteiger partial charge in [-0.05, 0) is 111 Å². The zero-order valence-electron chi connectivity index (χ0n) is 33.2. The lowest BCUT2D eigenvalue weighted by Crippen LogP contribution is -2.12. The summed E-state index contributed by atoms with van der Waals surface area (Å²) in [7, 11) is 0. The Morgan fingerprint density at radius 1 is 0.328 bits per heavy atom. The van der Waals surface area contributed by atoms with Gasteiger partial charge in [-0.2, -0.15) is 0 Å². The molecule has 0 amide bonds. The fraction of sp³-hybridized carbons (Fsp3) is 0. The number of furan rings is 1. The van der Waals surface area contributed by atoms with Crippen molar-refractivity contribution < 1.29 is 4.42 Å². The lowest BCUT2D eigenvalue weighted by Gasteiger charge is -2.29. The number of hydrogen-bond acceptors (Lipinski definition) is 2. The first-order valence-electron chi connectivity index (χ1n) is 20.8. The number of anilines is 3. The molecule has 12 rings (SSSR count). The van der Waals surface area contributed by atoms with Gasteiger partial charge in [0, 0.05) is 44.2 Å². The monoisotopic (exact) mass is 778 g/mol. The van der Waals surface area contributed by atoms with Crippen molar-refractivity contribution in [3.05, 3.63) is 231 Å². The lowest BCUT2D eigenvalue weighted by atomic mass is 9.95.